The predicted molar refractivity (Wildman–Crippen MR) is 49.6 cm³/mol. The van der Waals surface area contributed by atoms with Gasteiger partial charge in [0.05, 0.1) is 5.56 Å². The van der Waals surface area contributed by atoms with Gasteiger partial charge < -0.3 is 4.34 Å². The molecule has 0 spiro atoms. The topological polar surface area (TPSA) is 41.6 Å². The highest BCUT2D eigenvalue weighted by Crippen LogP contribution is 2.19. The molecule has 0 bridgehead atoms. The molecule has 0 saturated heterocycles. The maximum Gasteiger partial charge on any atom is 0.144 e. The first-order valence-electron chi connectivity index (χ1n) is 3.44. The van der Waals surface area contributed by atoms with Crippen molar-refractivity contribution in [2.75, 3.05) is 0 Å². The molecule has 0 amide bonds. The van der Waals surface area contributed by atoms with Crippen LogP contribution >= 0.6 is 9.39 Å². The van der Waals surface area contributed by atoms with Crippen molar-refractivity contribution in [2.24, 2.45) is 0 Å². The van der Waals surface area contributed by atoms with Crippen LogP contribution < -0.4 is 0 Å². The van der Waals surface area contributed by atoms with Crippen molar-refractivity contribution in [1.29, 1.82) is 5.26 Å². The van der Waals surface area contributed by atoms with Crippen LogP contribution in [0.25, 0.3) is 11.0 Å². The van der Waals surface area contributed by atoms with Crippen LogP contribution in [0.3, 0.4) is 0 Å². The third-order valence-electron chi connectivity index (χ3n) is 1.71. The Morgan fingerprint density at radius 2 is 2.42 bits per heavy atom. The van der Waals surface area contributed by atoms with E-state index in [9.17, 15) is 0 Å². The maximum absolute atomic E-state index is 8.75. The summed E-state index contributed by atoms with van der Waals surface area (Å²) in [5.74, 6) is 0. The van der Waals surface area contributed by atoms with E-state index in [1.165, 1.54) is 0 Å². The fourth-order valence-corrected chi connectivity index (χ4v) is 1.53. The van der Waals surface area contributed by atoms with Crippen molar-refractivity contribution in [2.45, 2.75) is 0 Å². The van der Waals surface area contributed by atoms with Gasteiger partial charge in [0.1, 0.15) is 11.7 Å². The summed E-state index contributed by atoms with van der Waals surface area (Å²) in [6.45, 7) is 0. The van der Waals surface area contributed by atoms with Gasteiger partial charge in [0.25, 0.3) is 0 Å². The number of nitriles is 1. The Bertz CT molecular complexity index is 467. The summed E-state index contributed by atoms with van der Waals surface area (Å²) in [5.41, 5.74) is 1.48. The molecule has 0 aromatic carbocycles. The summed E-state index contributed by atoms with van der Waals surface area (Å²) in [6.07, 6.45) is 3.46. The number of hydrogen-bond donors (Lipinski definition) is 0. The molecule has 58 valence electrons. The lowest BCUT2D eigenvalue weighted by atomic mass is 10.2. The molecule has 0 aliphatic carbocycles. The first kappa shape index (κ1) is 7.27. The monoisotopic (exact) mass is 175 g/mol. The van der Waals surface area contributed by atoms with Gasteiger partial charge in [0, 0.05) is 17.8 Å². The number of hydrogen-bond acceptors (Lipinski definition) is 2. The van der Waals surface area contributed by atoms with E-state index in [2.05, 4.69) is 20.4 Å². The van der Waals surface area contributed by atoms with Gasteiger partial charge in [-0.2, -0.15) is 5.26 Å². The Morgan fingerprint density at radius 3 is 3.17 bits per heavy atom. The second kappa shape index (κ2) is 2.58. The van der Waals surface area contributed by atoms with Crippen LogP contribution in [0.2, 0.25) is 0 Å². The van der Waals surface area contributed by atoms with Gasteiger partial charge in [-0.25, -0.2) is 4.98 Å². The van der Waals surface area contributed by atoms with Crippen LogP contribution in [0.1, 0.15) is 5.56 Å². The Morgan fingerprint density at radius 1 is 1.58 bits per heavy atom. The summed E-state index contributed by atoms with van der Waals surface area (Å²) < 4.78 is 1.77. The smallest absolute Gasteiger partial charge is 0.144 e. The number of pyridine rings is 1. The van der Waals surface area contributed by atoms with Crippen molar-refractivity contribution in [3.63, 3.8) is 0 Å². The molecule has 2 aromatic heterocycles. The molecule has 1 atom stereocenters. The van der Waals surface area contributed by atoms with Crippen molar-refractivity contribution in [3.05, 3.63) is 30.1 Å². The quantitative estimate of drug-likeness (QED) is 0.570. The minimum Gasteiger partial charge on any atom is -0.316 e. The molecule has 0 aliphatic heterocycles. The number of nitrogens with zero attached hydrogens (tertiary/aromatic N) is 3. The summed E-state index contributed by atoms with van der Waals surface area (Å²) in [7, 11) is 2.50. The zero-order chi connectivity index (χ0) is 8.55. The summed E-state index contributed by atoms with van der Waals surface area (Å²) >= 11 is 0. The van der Waals surface area contributed by atoms with Gasteiger partial charge in [-0.3, -0.25) is 0 Å². The molecule has 0 aliphatic rings. The molecular weight excluding hydrogens is 169 g/mol. The van der Waals surface area contributed by atoms with Crippen molar-refractivity contribution in [1.82, 2.24) is 9.32 Å². The second-order valence-corrected chi connectivity index (χ2v) is 2.99. The molecule has 2 rings (SSSR count). The fourth-order valence-electron chi connectivity index (χ4n) is 1.17. The lowest BCUT2D eigenvalue weighted by Crippen LogP contribution is -1.78. The molecule has 0 N–H and O–H groups in total. The Balaban J connectivity index is 2.94. The summed E-state index contributed by atoms with van der Waals surface area (Å²) in [4.78, 5) is 4.14. The number of rotatable bonds is 0. The van der Waals surface area contributed by atoms with Crippen molar-refractivity contribution < 1.29 is 0 Å². The van der Waals surface area contributed by atoms with E-state index in [4.69, 9.17) is 5.26 Å². The SMILES string of the molecule is N#Cc1cn(P)c2ncccc12. The van der Waals surface area contributed by atoms with E-state index >= 15 is 0 Å². The van der Waals surface area contributed by atoms with Gasteiger partial charge in [0.2, 0.25) is 0 Å². The highest BCUT2D eigenvalue weighted by Gasteiger charge is 2.04. The largest absolute Gasteiger partial charge is 0.316 e. The molecule has 0 saturated carbocycles. The molecule has 12 heavy (non-hydrogen) atoms. The normalized spacial score (nSPS) is 10.0. The van der Waals surface area contributed by atoms with Crippen LogP contribution in [0.5, 0.6) is 0 Å². The molecule has 4 heteroatoms. The summed E-state index contributed by atoms with van der Waals surface area (Å²) in [6, 6.07) is 5.83. The fraction of sp³-hybridized carbons (Fsp3) is 0. The van der Waals surface area contributed by atoms with E-state index in [-0.39, 0.29) is 0 Å². The van der Waals surface area contributed by atoms with E-state index in [0.29, 0.717) is 5.56 Å². The average Bonchev–Trinajstić information content (AvgIpc) is 2.44. The molecular formula is C8H6N3P. The van der Waals surface area contributed by atoms with Crippen molar-refractivity contribution in [3.8, 4) is 6.07 Å². The minimum atomic E-state index is 0.660. The minimum absolute atomic E-state index is 0.660. The van der Waals surface area contributed by atoms with Crippen LogP contribution in [0, 0.1) is 11.3 Å². The van der Waals surface area contributed by atoms with E-state index in [0.717, 1.165) is 11.0 Å². The van der Waals surface area contributed by atoms with Gasteiger partial charge >= 0.3 is 0 Å². The Hall–Kier alpha value is -1.39. The van der Waals surface area contributed by atoms with E-state index < -0.39 is 0 Å². The second-order valence-electron chi connectivity index (χ2n) is 2.44. The molecule has 3 nitrogen and oxygen atoms in total. The lowest BCUT2D eigenvalue weighted by Gasteiger charge is -1.90. The average molecular weight is 175 g/mol. The zero-order valence-electron chi connectivity index (χ0n) is 6.23. The zero-order valence-corrected chi connectivity index (χ0v) is 7.38. The van der Waals surface area contributed by atoms with E-state index in [1.54, 1.807) is 16.7 Å². The van der Waals surface area contributed by atoms with Crippen LogP contribution in [-0.2, 0) is 0 Å². The lowest BCUT2D eigenvalue weighted by molar-refractivity contribution is 1.26. The Kier molecular flexibility index (Phi) is 1.56. The third-order valence-corrected chi connectivity index (χ3v) is 2.10. The van der Waals surface area contributed by atoms with Gasteiger partial charge in [-0.05, 0) is 21.5 Å². The third kappa shape index (κ3) is 0.895. The van der Waals surface area contributed by atoms with Crippen molar-refractivity contribution >= 4 is 20.4 Å². The first-order valence-corrected chi connectivity index (χ1v) is 3.96. The maximum atomic E-state index is 8.75. The van der Waals surface area contributed by atoms with Gasteiger partial charge in [-0.1, -0.05) is 0 Å². The highest BCUT2D eigenvalue weighted by molar-refractivity contribution is 7.14. The molecule has 2 aromatic rings. The molecule has 0 radical (unpaired) electrons. The van der Waals surface area contributed by atoms with Crippen LogP contribution in [-0.4, -0.2) is 9.32 Å². The van der Waals surface area contributed by atoms with Gasteiger partial charge in [-0.15, -0.1) is 0 Å². The Labute approximate surface area is 71.9 Å². The first-order chi connectivity index (χ1) is 5.83. The van der Waals surface area contributed by atoms with Gasteiger partial charge in [0.15, 0.2) is 0 Å². The molecule has 0 fully saturated rings. The molecule has 2 heterocycles. The number of fused-ring (bicyclic) bond motifs is 1. The summed E-state index contributed by atoms with van der Waals surface area (Å²) in [5, 5.41) is 9.65. The van der Waals surface area contributed by atoms with Crippen LogP contribution in [0.15, 0.2) is 24.5 Å². The molecule has 1 unspecified atom stereocenters. The highest BCUT2D eigenvalue weighted by atomic mass is 31.0. The van der Waals surface area contributed by atoms with E-state index in [1.807, 2.05) is 12.1 Å². The van der Waals surface area contributed by atoms with Crippen LogP contribution in [0.4, 0.5) is 0 Å². The number of aromatic nitrogens is 2. The standard InChI is InChI=1S/C8H6N3P/c9-4-6-5-11(12)8-7(6)2-1-3-10-8/h1-3,5H,12H2. The predicted octanol–water partition coefficient (Wildman–Crippen LogP) is 1.55.